The fraction of sp³-hybridized carbons (Fsp3) is 0.200. The van der Waals surface area contributed by atoms with E-state index in [4.69, 9.17) is 4.74 Å². The highest BCUT2D eigenvalue weighted by molar-refractivity contribution is 6.59. The molecule has 19 heavy (non-hydrogen) atoms. The van der Waals surface area contributed by atoms with Gasteiger partial charge in [-0.15, -0.1) is 0 Å². The Labute approximate surface area is 113 Å². The number of benzene rings is 2. The van der Waals surface area contributed by atoms with Crippen molar-refractivity contribution >= 4 is 12.6 Å². The second kappa shape index (κ2) is 5.91. The van der Waals surface area contributed by atoms with Gasteiger partial charge in [-0.05, 0) is 48.1 Å². The van der Waals surface area contributed by atoms with Crippen LogP contribution in [0.4, 0.5) is 0 Å². The first-order chi connectivity index (χ1) is 9.08. The van der Waals surface area contributed by atoms with Gasteiger partial charge in [0.1, 0.15) is 12.4 Å². The molecule has 3 nitrogen and oxygen atoms in total. The molecule has 0 radical (unpaired) electrons. The Morgan fingerprint density at radius 2 is 1.74 bits per heavy atom. The Balaban J connectivity index is 2.12. The summed E-state index contributed by atoms with van der Waals surface area (Å²) >= 11 is 0. The van der Waals surface area contributed by atoms with Crippen LogP contribution in [0.3, 0.4) is 0 Å². The first-order valence-corrected chi connectivity index (χ1v) is 6.22. The van der Waals surface area contributed by atoms with Crippen molar-refractivity contribution in [1.29, 1.82) is 0 Å². The van der Waals surface area contributed by atoms with Crippen LogP contribution in [-0.2, 0) is 6.61 Å². The number of ether oxygens (including phenoxy) is 1. The number of rotatable bonds is 4. The number of hydrogen-bond donors (Lipinski definition) is 2. The standard InChI is InChI=1S/C15H17BO3/c1-11-7-8-14(9-12(11)2)19-10-13-5-3-4-6-15(13)16(17)18/h3-9,17-18H,10H2,1-2H3. The van der Waals surface area contributed by atoms with Crippen molar-refractivity contribution in [1.82, 2.24) is 0 Å². The number of aryl methyl sites for hydroxylation is 2. The minimum atomic E-state index is -1.47. The van der Waals surface area contributed by atoms with E-state index in [1.54, 1.807) is 12.1 Å². The van der Waals surface area contributed by atoms with Gasteiger partial charge in [-0.3, -0.25) is 0 Å². The summed E-state index contributed by atoms with van der Waals surface area (Å²) < 4.78 is 5.70. The quantitative estimate of drug-likeness (QED) is 0.816. The molecule has 0 atom stereocenters. The Bertz CT molecular complexity index is 567. The van der Waals surface area contributed by atoms with Crippen LogP contribution >= 0.6 is 0 Å². The van der Waals surface area contributed by atoms with Gasteiger partial charge in [0.15, 0.2) is 0 Å². The maximum atomic E-state index is 9.28. The summed E-state index contributed by atoms with van der Waals surface area (Å²) in [6.45, 7) is 4.40. The largest absolute Gasteiger partial charge is 0.489 e. The van der Waals surface area contributed by atoms with Crippen molar-refractivity contribution in [2.45, 2.75) is 20.5 Å². The average molecular weight is 256 g/mol. The summed E-state index contributed by atoms with van der Waals surface area (Å²) in [5.74, 6) is 0.783. The molecular formula is C15H17BO3. The molecule has 0 unspecified atom stereocenters. The van der Waals surface area contributed by atoms with E-state index in [0.29, 0.717) is 12.1 Å². The molecule has 0 fully saturated rings. The molecule has 0 aliphatic heterocycles. The Kier molecular flexibility index (Phi) is 4.25. The van der Waals surface area contributed by atoms with Gasteiger partial charge in [-0.1, -0.05) is 30.3 Å². The first kappa shape index (κ1) is 13.7. The lowest BCUT2D eigenvalue weighted by molar-refractivity contribution is 0.306. The number of hydrogen-bond acceptors (Lipinski definition) is 3. The second-order valence-corrected chi connectivity index (χ2v) is 4.61. The summed E-state index contributed by atoms with van der Waals surface area (Å²) in [6, 6.07) is 13.0. The van der Waals surface area contributed by atoms with Gasteiger partial charge >= 0.3 is 7.12 Å². The summed E-state index contributed by atoms with van der Waals surface area (Å²) in [5, 5.41) is 18.6. The van der Waals surface area contributed by atoms with Crippen LogP contribution in [0.1, 0.15) is 16.7 Å². The third-order valence-corrected chi connectivity index (χ3v) is 3.21. The molecule has 0 saturated carbocycles. The van der Waals surface area contributed by atoms with Crippen molar-refractivity contribution < 1.29 is 14.8 Å². The SMILES string of the molecule is Cc1ccc(OCc2ccccc2B(O)O)cc1C. The maximum Gasteiger partial charge on any atom is 0.488 e. The highest BCUT2D eigenvalue weighted by Crippen LogP contribution is 2.17. The van der Waals surface area contributed by atoms with Crippen LogP contribution in [0.15, 0.2) is 42.5 Å². The molecule has 2 N–H and O–H groups in total. The molecule has 2 aromatic carbocycles. The molecule has 0 aliphatic carbocycles. The minimum absolute atomic E-state index is 0.316. The highest BCUT2D eigenvalue weighted by Gasteiger charge is 2.15. The van der Waals surface area contributed by atoms with Gasteiger partial charge in [-0.25, -0.2) is 0 Å². The lowest BCUT2D eigenvalue weighted by Crippen LogP contribution is -2.33. The topological polar surface area (TPSA) is 49.7 Å². The summed E-state index contributed by atoms with van der Waals surface area (Å²) in [4.78, 5) is 0. The fourth-order valence-electron chi connectivity index (χ4n) is 1.88. The lowest BCUT2D eigenvalue weighted by atomic mass is 9.77. The van der Waals surface area contributed by atoms with E-state index < -0.39 is 7.12 Å². The first-order valence-electron chi connectivity index (χ1n) is 6.22. The zero-order valence-electron chi connectivity index (χ0n) is 11.1. The molecular weight excluding hydrogens is 239 g/mol. The van der Waals surface area contributed by atoms with Gasteiger partial charge in [0, 0.05) is 0 Å². The van der Waals surface area contributed by atoms with E-state index in [1.807, 2.05) is 37.3 Å². The van der Waals surface area contributed by atoms with E-state index in [0.717, 1.165) is 11.3 Å². The van der Waals surface area contributed by atoms with Crippen LogP contribution in [0.2, 0.25) is 0 Å². The van der Waals surface area contributed by atoms with Crippen molar-refractivity contribution in [3.05, 3.63) is 59.2 Å². The predicted molar refractivity (Wildman–Crippen MR) is 76.5 cm³/mol. The van der Waals surface area contributed by atoms with Crippen molar-refractivity contribution in [3.63, 3.8) is 0 Å². The Morgan fingerprint density at radius 1 is 1.00 bits per heavy atom. The van der Waals surface area contributed by atoms with Gasteiger partial charge < -0.3 is 14.8 Å². The molecule has 0 amide bonds. The molecule has 98 valence electrons. The molecule has 0 aromatic heterocycles. The normalized spacial score (nSPS) is 10.3. The monoisotopic (exact) mass is 256 g/mol. The molecule has 4 heteroatoms. The van der Waals surface area contributed by atoms with E-state index in [2.05, 4.69) is 6.92 Å². The van der Waals surface area contributed by atoms with E-state index in [-0.39, 0.29) is 0 Å². The van der Waals surface area contributed by atoms with Crippen LogP contribution in [-0.4, -0.2) is 17.2 Å². The maximum absolute atomic E-state index is 9.28. The summed E-state index contributed by atoms with van der Waals surface area (Å²) in [7, 11) is -1.47. The highest BCUT2D eigenvalue weighted by atomic mass is 16.5. The Morgan fingerprint density at radius 3 is 2.42 bits per heavy atom. The zero-order valence-corrected chi connectivity index (χ0v) is 11.1. The van der Waals surface area contributed by atoms with Crippen molar-refractivity contribution in [3.8, 4) is 5.75 Å². The molecule has 0 saturated heterocycles. The molecule has 2 aromatic rings. The van der Waals surface area contributed by atoms with Gasteiger partial charge in [-0.2, -0.15) is 0 Å². The Hall–Kier alpha value is -1.78. The zero-order chi connectivity index (χ0) is 13.8. The van der Waals surface area contributed by atoms with Gasteiger partial charge in [0.25, 0.3) is 0 Å². The van der Waals surface area contributed by atoms with Gasteiger partial charge in [0.2, 0.25) is 0 Å². The average Bonchev–Trinajstić information content (AvgIpc) is 2.40. The van der Waals surface area contributed by atoms with Crippen LogP contribution in [0.25, 0.3) is 0 Å². The fourth-order valence-corrected chi connectivity index (χ4v) is 1.88. The third kappa shape index (κ3) is 3.37. The third-order valence-electron chi connectivity index (χ3n) is 3.21. The van der Waals surface area contributed by atoms with Crippen molar-refractivity contribution in [2.24, 2.45) is 0 Å². The molecule has 0 bridgehead atoms. The smallest absolute Gasteiger partial charge is 0.488 e. The minimum Gasteiger partial charge on any atom is -0.489 e. The molecule has 2 rings (SSSR count). The second-order valence-electron chi connectivity index (χ2n) is 4.61. The summed E-state index contributed by atoms with van der Waals surface area (Å²) in [6.07, 6.45) is 0. The van der Waals surface area contributed by atoms with Crippen LogP contribution in [0, 0.1) is 13.8 Å². The summed E-state index contributed by atoms with van der Waals surface area (Å²) in [5.41, 5.74) is 3.65. The van der Waals surface area contributed by atoms with Crippen molar-refractivity contribution in [2.75, 3.05) is 0 Å². The van der Waals surface area contributed by atoms with E-state index in [9.17, 15) is 10.0 Å². The molecule has 0 spiro atoms. The van der Waals surface area contributed by atoms with Crippen LogP contribution in [0.5, 0.6) is 5.75 Å². The lowest BCUT2D eigenvalue weighted by Gasteiger charge is -2.11. The van der Waals surface area contributed by atoms with E-state index >= 15 is 0 Å². The van der Waals surface area contributed by atoms with Crippen LogP contribution < -0.4 is 10.2 Å². The van der Waals surface area contributed by atoms with Gasteiger partial charge in [0.05, 0.1) is 0 Å². The molecule has 0 aliphatic rings. The van der Waals surface area contributed by atoms with E-state index in [1.165, 1.54) is 11.1 Å². The predicted octanol–water partition coefficient (Wildman–Crippen LogP) is 1.56. The molecule has 0 heterocycles.